The molecular formula is C22H28N2O4S2. The van der Waals surface area contributed by atoms with Crippen molar-refractivity contribution in [2.24, 2.45) is 5.92 Å². The first kappa shape index (κ1) is 21.3. The van der Waals surface area contributed by atoms with Gasteiger partial charge in [-0.05, 0) is 56.7 Å². The van der Waals surface area contributed by atoms with Crippen LogP contribution in [0.15, 0.2) is 39.9 Å². The molecular weight excluding hydrogens is 420 g/mol. The van der Waals surface area contributed by atoms with Crippen molar-refractivity contribution in [2.45, 2.75) is 55.9 Å². The van der Waals surface area contributed by atoms with E-state index >= 15 is 0 Å². The van der Waals surface area contributed by atoms with Crippen LogP contribution in [0.4, 0.5) is 0 Å². The predicted molar refractivity (Wildman–Crippen MR) is 117 cm³/mol. The molecule has 0 radical (unpaired) electrons. The maximum atomic E-state index is 13.1. The van der Waals surface area contributed by atoms with Crippen LogP contribution in [0.25, 0.3) is 0 Å². The molecule has 1 saturated heterocycles. The van der Waals surface area contributed by atoms with Crippen LogP contribution in [-0.4, -0.2) is 37.3 Å². The van der Waals surface area contributed by atoms with Crippen LogP contribution >= 0.6 is 11.3 Å². The van der Waals surface area contributed by atoms with Crippen molar-refractivity contribution >= 4 is 27.3 Å². The first-order valence-electron chi connectivity index (χ1n) is 10.3. The smallest absolute Gasteiger partial charge is 0.252 e. The Morgan fingerprint density at radius 1 is 1.30 bits per heavy atom. The van der Waals surface area contributed by atoms with Crippen molar-refractivity contribution in [3.05, 3.63) is 46.8 Å². The summed E-state index contributed by atoms with van der Waals surface area (Å²) in [7, 11) is -3.54. The van der Waals surface area contributed by atoms with Gasteiger partial charge < -0.3 is 10.1 Å². The SMILES string of the molecule is Cc1ccc2c(c1)OC(C)(C)CC2NC(=O)C1CCCN(S(=O)(=O)c2cccs2)C1. The zero-order valence-corrected chi connectivity index (χ0v) is 19.2. The number of benzene rings is 1. The fraction of sp³-hybridized carbons (Fsp3) is 0.500. The zero-order valence-electron chi connectivity index (χ0n) is 17.6. The van der Waals surface area contributed by atoms with Gasteiger partial charge in [-0.3, -0.25) is 4.79 Å². The Hall–Kier alpha value is -1.90. The largest absolute Gasteiger partial charge is 0.487 e. The number of nitrogens with one attached hydrogen (secondary N) is 1. The van der Waals surface area contributed by atoms with E-state index in [-0.39, 0.29) is 30.0 Å². The van der Waals surface area contributed by atoms with Gasteiger partial charge in [0.1, 0.15) is 15.6 Å². The molecule has 2 unspecified atom stereocenters. The molecule has 1 aromatic heterocycles. The summed E-state index contributed by atoms with van der Waals surface area (Å²) in [5.41, 5.74) is 1.70. The molecule has 1 aromatic carbocycles. The number of sulfonamides is 1. The molecule has 4 rings (SSSR count). The predicted octanol–water partition coefficient (Wildman–Crippen LogP) is 3.88. The van der Waals surface area contributed by atoms with Crippen LogP contribution in [0.5, 0.6) is 5.75 Å². The highest BCUT2D eigenvalue weighted by molar-refractivity contribution is 7.91. The average Bonchev–Trinajstić information content (AvgIpc) is 3.22. The number of carbonyl (C=O) groups excluding carboxylic acids is 1. The molecule has 8 heteroatoms. The van der Waals surface area contributed by atoms with Gasteiger partial charge in [0.05, 0.1) is 12.0 Å². The molecule has 30 heavy (non-hydrogen) atoms. The molecule has 0 aliphatic carbocycles. The number of fused-ring (bicyclic) bond motifs is 1. The summed E-state index contributed by atoms with van der Waals surface area (Å²) >= 11 is 1.21. The van der Waals surface area contributed by atoms with Crippen molar-refractivity contribution < 1.29 is 17.9 Å². The average molecular weight is 449 g/mol. The standard InChI is InChI=1S/C22H28N2O4S2/c1-15-8-9-17-18(13-22(2,3)28-19(17)12-15)23-21(25)16-6-4-10-24(14-16)30(26,27)20-7-5-11-29-20/h5,7-9,11-12,16,18H,4,6,10,13-14H2,1-3H3,(H,23,25). The highest BCUT2D eigenvalue weighted by Gasteiger charge is 2.38. The second-order valence-corrected chi connectivity index (χ2v) is 11.9. The zero-order chi connectivity index (χ0) is 21.5. The summed E-state index contributed by atoms with van der Waals surface area (Å²) in [6, 6.07) is 9.24. The minimum atomic E-state index is -3.54. The summed E-state index contributed by atoms with van der Waals surface area (Å²) in [5, 5.41) is 4.95. The molecule has 1 amide bonds. The van der Waals surface area contributed by atoms with Gasteiger partial charge in [-0.15, -0.1) is 11.3 Å². The van der Waals surface area contributed by atoms with Gasteiger partial charge in [-0.2, -0.15) is 4.31 Å². The Labute approximate surface area is 182 Å². The minimum Gasteiger partial charge on any atom is -0.487 e. The van der Waals surface area contributed by atoms with Crippen LogP contribution in [0.2, 0.25) is 0 Å². The topological polar surface area (TPSA) is 75.7 Å². The Balaban J connectivity index is 1.50. The Morgan fingerprint density at radius 3 is 2.83 bits per heavy atom. The molecule has 2 aromatic rings. The number of aryl methyl sites for hydroxylation is 1. The lowest BCUT2D eigenvalue weighted by Crippen LogP contribution is -2.47. The third-order valence-corrected chi connectivity index (χ3v) is 9.03. The lowest BCUT2D eigenvalue weighted by atomic mass is 9.88. The number of hydrogen-bond donors (Lipinski definition) is 1. The Morgan fingerprint density at radius 2 is 2.10 bits per heavy atom. The highest BCUT2D eigenvalue weighted by Crippen LogP contribution is 2.40. The Kier molecular flexibility index (Phi) is 5.67. The van der Waals surface area contributed by atoms with E-state index in [1.165, 1.54) is 15.6 Å². The van der Waals surface area contributed by atoms with Gasteiger partial charge in [0.25, 0.3) is 10.0 Å². The van der Waals surface area contributed by atoms with Gasteiger partial charge >= 0.3 is 0 Å². The molecule has 1 fully saturated rings. The number of ether oxygens (including phenoxy) is 1. The van der Waals surface area contributed by atoms with Gasteiger partial charge in [0.15, 0.2) is 0 Å². The minimum absolute atomic E-state index is 0.0877. The second kappa shape index (κ2) is 7.98. The third kappa shape index (κ3) is 4.26. The van der Waals surface area contributed by atoms with Crippen LogP contribution in [0.1, 0.15) is 50.3 Å². The number of thiophene rings is 1. The van der Waals surface area contributed by atoms with E-state index in [2.05, 4.69) is 5.32 Å². The number of rotatable bonds is 4. The monoisotopic (exact) mass is 448 g/mol. The molecule has 0 spiro atoms. The molecule has 6 nitrogen and oxygen atoms in total. The normalized spacial score (nSPS) is 24.0. The van der Waals surface area contributed by atoms with E-state index in [0.717, 1.165) is 16.9 Å². The van der Waals surface area contributed by atoms with Crippen LogP contribution in [-0.2, 0) is 14.8 Å². The third-order valence-electron chi connectivity index (χ3n) is 5.79. The number of piperidine rings is 1. The van der Waals surface area contributed by atoms with Gasteiger partial charge in [-0.1, -0.05) is 18.2 Å². The maximum Gasteiger partial charge on any atom is 0.252 e. The van der Waals surface area contributed by atoms with Crippen LogP contribution in [0, 0.1) is 12.8 Å². The molecule has 2 aliphatic rings. The summed E-state index contributed by atoms with van der Waals surface area (Å²) in [6.07, 6.45) is 2.03. The van der Waals surface area contributed by atoms with E-state index in [4.69, 9.17) is 4.74 Å². The van der Waals surface area contributed by atoms with Crippen LogP contribution in [0.3, 0.4) is 0 Å². The van der Waals surface area contributed by atoms with Gasteiger partial charge in [0.2, 0.25) is 5.91 Å². The molecule has 1 N–H and O–H groups in total. The molecule has 3 heterocycles. The van der Waals surface area contributed by atoms with E-state index in [1.54, 1.807) is 17.5 Å². The summed E-state index contributed by atoms with van der Waals surface area (Å²) in [6.45, 7) is 6.74. The lowest BCUT2D eigenvalue weighted by molar-refractivity contribution is -0.127. The van der Waals surface area contributed by atoms with E-state index in [0.29, 0.717) is 30.0 Å². The number of hydrogen-bond acceptors (Lipinski definition) is 5. The second-order valence-electron chi connectivity index (χ2n) is 8.80. The summed E-state index contributed by atoms with van der Waals surface area (Å²) < 4.78 is 33.7. The van der Waals surface area contributed by atoms with Crippen molar-refractivity contribution in [1.29, 1.82) is 0 Å². The first-order chi connectivity index (χ1) is 14.2. The van der Waals surface area contributed by atoms with Gasteiger partial charge in [0, 0.05) is 25.1 Å². The van der Waals surface area contributed by atoms with Crippen molar-refractivity contribution in [3.8, 4) is 5.75 Å². The first-order valence-corrected chi connectivity index (χ1v) is 12.6. The molecule has 2 atom stereocenters. The maximum absolute atomic E-state index is 13.1. The van der Waals surface area contributed by atoms with Crippen LogP contribution < -0.4 is 10.1 Å². The van der Waals surface area contributed by atoms with Crippen molar-refractivity contribution in [3.63, 3.8) is 0 Å². The summed E-state index contributed by atoms with van der Waals surface area (Å²) in [5.74, 6) is 0.366. The lowest BCUT2D eigenvalue weighted by Gasteiger charge is -2.39. The van der Waals surface area contributed by atoms with Gasteiger partial charge in [-0.25, -0.2) is 8.42 Å². The van der Waals surface area contributed by atoms with E-state index in [9.17, 15) is 13.2 Å². The van der Waals surface area contributed by atoms with E-state index in [1.807, 2.05) is 39.0 Å². The summed E-state index contributed by atoms with van der Waals surface area (Å²) in [4.78, 5) is 13.1. The molecule has 0 saturated carbocycles. The fourth-order valence-electron chi connectivity index (χ4n) is 4.29. The Bertz CT molecular complexity index is 1030. The quantitative estimate of drug-likeness (QED) is 0.770. The van der Waals surface area contributed by atoms with E-state index < -0.39 is 10.0 Å². The van der Waals surface area contributed by atoms with Crippen molar-refractivity contribution in [1.82, 2.24) is 9.62 Å². The molecule has 0 bridgehead atoms. The molecule has 2 aliphatic heterocycles. The molecule has 162 valence electrons. The highest BCUT2D eigenvalue weighted by atomic mass is 32.2. The van der Waals surface area contributed by atoms with Crippen molar-refractivity contribution in [2.75, 3.05) is 13.1 Å². The number of carbonyl (C=O) groups is 1. The number of amides is 1. The number of nitrogens with zero attached hydrogens (tertiary/aromatic N) is 1. The fourth-order valence-corrected chi connectivity index (χ4v) is 6.96.